The zero-order valence-electron chi connectivity index (χ0n) is 12.5. The van der Waals surface area contributed by atoms with E-state index in [9.17, 15) is 4.79 Å². The van der Waals surface area contributed by atoms with Gasteiger partial charge in [-0.2, -0.15) is 0 Å². The molecule has 2 nitrogen and oxygen atoms in total. The smallest absolute Gasteiger partial charge is 0.250 e. The molecule has 0 unspecified atom stereocenters. The van der Waals surface area contributed by atoms with Crippen molar-refractivity contribution in [3.05, 3.63) is 34.3 Å². The SMILES string of the molecule is CC(C)(C)[Si](C)(C)CCc1cccc(Cl)c1C(N)=O. The van der Waals surface area contributed by atoms with Gasteiger partial charge in [-0.1, -0.05) is 63.6 Å². The Bertz CT molecular complexity index is 478. The first-order valence-electron chi connectivity index (χ1n) is 6.63. The van der Waals surface area contributed by atoms with Gasteiger partial charge >= 0.3 is 0 Å². The molecule has 0 spiro atoms. The molecule has 19 heavy (non-hydrogen) atoms. The topological polar surface area (TPSA) is 43.1 Å². The minimum Gasteiger partial charge on any atom is -0.366 e. The Hall–Kier alpha value is -0.803. The molecule has 0 aliphatic carbocycles. The third kappa shape index (κ3) is 3.83. The van der Waals surface area contributed by atoms with Crippen molar-refractivity contribution in [2.75, 3.05) is 0 Å². The average molecular weight is 298 g/mol. The molecule has 1 rings (SSSR count). The number of nitrogens with two attached hydrogens (primary N) is 1. The first-order valence-corrected chi connectivity index (χ1v) is 10.2. The van der Waals surface area contributed by atoms with Gasteiger partial charge in [-0.15, -0.1) is 0 Å². The molecule has 0 radical (unpaired) electrons. The van der Waals surface area contributed by atoms with E-state index in [0.717, 1.165) is 18.0 Å². The van der Waals surface area contributed by atoms with Gasteiger partial charge in [-0.3, -0.25) is 4.79 Å². The van der Waals surface area contributed by atoms with Crippen LogP contribution in [0.1, 0.15) is 36.7 Å². The summed E-state index contributed by atoms with van der Waals surface area (Å²) in [7, 11) is -1.36. The molecule has 0 saturated heterocycles. The Kier molecular flexibility index (Phi) is 4.85. The summed E-state index contributed by atoms with van der Waals surface area (Å²) < 4.78 is 0. The summed E-state index contributed by atoms with van der Waals surface area (Å²) in [4.78, 5) is 11.5. The van der Waals surface area contributed by atoms with Crippen molar-refractivity contribution in [1.82, 2.24) is 0 Å². The maximum absolute atomic E-state index is 11.5. The lowest BCUT2D eigenvalue weighted by atomic mass is 10.0. The van der Waals surface area contributed by atoms with Gasteiger partial charge in [-0.25, -0.2) is 0 Å². The van der Waals surface area contributed by atoms with Gasteiger partial charge in [0.15, 0.2) is 0 Å². The van der Waals surface area contributed by atoms with E-state index in [1.54, 1.807) is 6.07 Å². The summed E-state index contributed by atoms with van der Waals surface area (Å²) in [6.45, 7) is 11.7. The third-order valence-electron chi connectivity index (χ3n) is 4.40. The van der Waals surface area contributed by atoms with Crippen LogP contribution in [0.2, 0.25) is 29.2 Å². The van der Waals surface area contributed by atoms with E-state index in [1.165, 1.54) is 0 Å². The summed E-state index contributed by atoms with van der Waals surface area (Å²) in [5, 5.41) is 0.804. The van der Waals surface area contributed by atoms with Crippen LogP contribution in [0.5, 0.6) is 0 Å². The average Bonchev–Trinajstić information content (AvgIpc) is 2.24. The maximum Gasteiger partial charge on any atom is 0.250 e. The summed E-state index contributed by atoms with van der Waals surface area (Å²) in [6, 6.07) is 6.68. The Morgan fingerprint density at radius 3 is 2.37 bits per heavy atom. The van der Waals surface area contributed by atoms with Crippen LogP contribution in [0.4, 0.5) is 0 Å². The molecule has 0 saturated carbocycles. The fourth-order valence-corrected chi connectivity index (χ4v) is 3.81. The van der Waals surface area contributed by atoms with Gasteiger partial charge in [-0.05, 0) is 23.1 Å². The molecule has 0 aliphatic heterocycles. The minimum atomic E-state index is -1.36. The zero-order valence-corrected chi connectivity index (χ0v) is 14.3. The van der Waals surface area contributed by atoms with Gasteiger partial charge in [0.05, 0.1) is 18.7 Å². The zero-order chi connectivity index (χ0) is 14.8. The van der Waals surface area contributed by atoms with Crippen LogP contribution < -0.4 is 5.73 Å². The molecule has 0 aromatic heterocycles. The number of hydrogen-bond donors (Lipinski definition) is 1. The number of rotatable bonds is 4. The Morgan fingerprint density at radius 1 is 1.32 bits per heavy atom. The fraction of sp³-hybridized carbons (Fsp3) is 0.533. The van der Waals surface area contributed by atoms with E-state index < -0.39 is 14.0 Å². The summed E-state index contributed by atoms with van der Waals surface area (Å²) in [5.41, 5.74) is 6.89. The molecule has 2 N–H and O–H groups in total. The van der Waals surface area contributed by atoms with E-state index in [2.05, 4.69) is 33.9 Å². The number of amides is 1. The van der Waals surface area contributed by atoms with Gasteiger partial charge in [0.1, 0.15) is 0 Å². The van der Waals surface area contributed by atoms with Crippen molar-refractivity contribution < 1.29 is 4.79 Å². The molecule has 0 heterocycles. The largest absolute Gasteiger partial charge is 0.366 e. The van der Waals surface area contributed by atoms with Gasteiger partial charge in [0, 0.05) is 0 Å². The van der Waals surface area contributed by atoms with Gasteiger partial charge < -0.3 is 5.73 Å². The second-order valence-corrected chi connectivity index (χ2v) is 12.9. The predicted molar refractivity (Wildman–Crippen MR) is 85.7 cm³/mol. The predicted octanol–water partition coefficient (Wildman–Crippen LogP) is 4.49. The molecule has 1 aromatic carbocycles. The lowest BCUT2D eigenvalue weighted by Gasteiger charge is -2.37. The molecular formula is C15H24ClNOSi. The molecular weight excluding hydrogens is 274 g/mol. The monoisotopic (exact) mass is 297 g/mol. The number of primary amides is 1. The summed E-state index contributed by atoms with van der Waals surface area (Å²) in [6.07, 6.45) is 0.870. The number of benzene rings is 1. The molecule has 0 bridgehead atoms. The Morgan fingerprint density at radius 2 is 1.89 bits per heavy atom. The first kappa shape index (κ1) is 16.3. The van der Waals surface area contributed by atoms with Crippen LogP contribution in [0.15, 0.2) is 18.2 Å². The standard InChI is InChI=1S/C15H24ClNOSi/c1-15(2,3)19(4,5)10-9-11-7-6-8-12(16)13(11)14(17)18/h6-8H,9-10H2,1-5H3,(H2,17,18). The third-order valence-corrected chi connectivity index (χ3v) is 10.3. The van der Waals surface area contributed by atoms with Gasteiger partial charge in [0.25, 0.3) is 0 Å². The van der Waals surface area contributed by atoms with Gasteiger partial charge in [0.2, 0.25) is 5.91 Å². The van der Waals surface area contributed by atoms with Crippen molar-refractivity contribution in [1.29, 1.82) is 0 Å². The Labute approximate surface area is 122 Å². The second-order valence-electron chi connectivity index (χ2n) is 6.77. The van der Waals surface area contributed by atoms with Crippen molar-refractivity contribution in [2.45, 2.75) is 51.4 Å². The molecule has 4 heteroatoms. The van der Waals surface area contributed by atoms with E-state index >= 15 is 0 Å². The van der Waals surface area contributed by atoms with E-state index in [1.807, 2.05) is 12.1 Å². The fourth-order valence-electron chi connectivity index (χ4n) is 1.88. The number of hydrogen-bond acceptors (Lipinski definition) is 1. The van der Waals surface area contributed by atoms with Crippen LogP contribution >= 0.6 is 11.6 Å². The van der Waals surface area contributed by atoms with Crippen molar-refractivity contribution >= 4 is 25.6 Å². The number of carbonyl (C=O) groups is 1. The van der Waals surface area contributed by atoms with Crippen molar-refractivity contribution in [2.24, 2.45) is 5.73 Å². The summed E-state index contributed by atoms with van der Waals surface area (Å²) >= 11 is 6.07. The number of halogens is 1. The molecule has 1 aromatic rings. The van der Waals surface area contributed by atoms with Crippen LogP contribution in [-0.4, -0.2) is 14.0 Å². The minimum absolute atomic E-state index is 0.346. The van der Waals surface area contributed by atoms with E-state index in [-0.39, 0.29) is 0 Å². The highest BCUT2D eigenvalue weighted by molar-refractivity contribution is 6.80. The lowest BCUT2D eigenvalue weighted by Crippen LogP contribution is -2.37. The molecule has 0 fully saturated rings. The molecule has 106 valence electrons. The van der Waals surface area contributed by atoms with Crippen LogP contribution in [0.25, 0.3) is 0 Å². The molecule has 0 atom stereocenters. The lowest BCUT2D eigenvalue weighted by molar-refractivity contribution is 0.0999. The van der Waals surface area contributed by atoms with Crippen LogP contribution in [0, 0.1) is 0 Å². The number of aryl methyl sites for hydroxylation is 1. The van der Waals surface area contributed by atoms with Crippen molar-refractivity contribution in [3.8, 4) is 0 Å². The van der Waals surface area contributed by atoms with Crippen LogP contribution in [0.3, 0.4) is 0 Å². The quantitative estimate of drug-likeness (QED) is 0.818. The highest BCUT2D eigenvalue weighted by atomic mass is 35.5. The maximum atomic E-state index is 11.5. The molecule has 1 amide bonds. The van der Waals surface area contributed by atoms with E-state index in [4.69, 9.17) is 17.3 Å². The van der Waals surface area contributed by atoms with Crippen LogP contribution in [-0.2, 0) is 6.42 Å². The van der Waals surface area contributed by atoms with Crippen molar-refractivity contribution in [3.63, 3.8) is 0 Å². The normalized spacial score (nSPS) is 12.5. The summed E-state index contributed by atoms with van der Waals surface area (Å²) in [5.74, 6) is -0.434. The van der Waals surface area contributed by atoms with E-state index in [0.29, 0.717) is 15.6 Å². The second kappa shape index (κ2) is 5.67. The Balaban J connectivity index is 2.97. The number of carbonyl (C=O) groups excluding carboxylic acids is 1. The highest BCUT2D eigenvalue weighted by Gasteiger charge is 2.34. The molecule has 0 aliphatic rings. The highest BCUT2D eigenvalue weighted by Crippen LogP contribution is 2.39. The first-order chi connectivity index (χ1) is 8.56.